The van der Waals surface area contributed by atoms with Crippen LogP contribution in [0.15, 0.2) is 30.3 Å². The number of halogens is 2. The Morgan fingerprint density at radius 1 is 1.06 bits per heavy atom. The fraction of sp³-hybridized carbons (Fsp3) is 0.583. The van der Waals surface area contributed by atoms with Gasteiger partial charge in [0, 0.05) is 37.3 Å². The van der Waals surface area contributed by atoms with Gasteiger partial charge in [0.05, 0.1) is 11.3 Å². The first-order valence-electron chi connectivity index (χ1n) is 11.3. The fourth-order valence-electron chi connectivity index (χ4n) is 5.72. The topological polar surface area (TPSA) is 50.3 Å². The summed E-state index contributed by atoms with van der Waals surface area (Å²) in [6, 6.07) is 7.88. The molecule has 1 saturated carbocycles. The molecule has 166 valence electrons. The molecule has 5 rings (SSSR count). The van der Waals surface area contributed by atoms with Crippen LogP contribution in [0.4, 0.5) is 14.6 Å². The van der Waals surface area contributed by atoms with Crippen molar-refractivity contribution in [2.45, 2.75) is 57.2 Å². The molecule has 0 amide bonds. The summed E-state index contributed by atoms with van der Waals surface area (Å²) in [4.78, 5) is 2.69. The van der Waals surface area contributed by atoms with Crippen LogP contribution < -0.4 is 5.32 Å². The Kier molecular flexibility index (Phi) is 5.42. The summed E-state index contributed by atoms with van der Waals surface area (Å²) in [5.41, 5.74) is 0.455. The number of rotatable bonds is 4. The van der Waals surface area contributed by atoms with E-state index in [0.29, 0.717) is 23.6 Å². The average Bonchev–Trinajstić information content (AvgIpc) is 3.28. The monoisotopic (exact) mass is 428 g/mol. The molecule has 1 N–H and O–H groups in total. The van der Waals surface area contributed by atoms with Crippen molar-refractivity contribution in [2.24, 2.45) is 11.8 Å². The summed E-state index contributed by atoms with van der Waals surface area (Å²) < 4.78 is 33.3. The molecule has 2 aliphatic heterocycles. The van der Waals surface area contributed by atoms with E-state index < -0.39 is 11.6 Å². The standard InChI is InChI=1S/C24H30F2N4O/c1-24(2)12-19(7-8-31-24)30-13-15-9-18(10-16(15)14-30)27-23-6-5-22(28-29-23)20-11-17(25)3-4-21(20)26/h3-6,11,15-16,18-19H,7-10,12-14H2,1-2H3,(H,27,29)/t15-,16?,18?,19?/m1/s1. The molecule has 31 heavy (non-hydrogen) atoms. The molecule has 0 radical (unpaired) electrons. The quantitative estimate of drug-likeness (QED) is 0.777. The first-order chi connectivity index (χ1) is 14.9. The third-order valence-corrected chi connectivity index (χ3v) is 7.19. The lowest BCUT2D eigenvalue weighted by molar-refractivity contribution is -0.0811. The Morgan fingerprint density at radius 3 is 2.52 bits per heavy atom. The van der Waals surface area contributed by atoms with Gasteiger partial charge in [0.1, 0.15) is 17.5 Å². The van der Waals surface area contributed by atoms with Gasteiger partial charge < -0.3 is 10.1 Å². The van der Waals surface area contributed by atoms with Crippen molar-refractivity contribution in [3.63, 3.8) is 0 Å². The molecule has 3 fully saturated rings. The van der Waals surface area contributed by atoms with E-state index in [1.807, 2.05) is 0 Å². The smallest absolute Gasteiger partial charge is 0.148 e. The van der Waals surface area contributed by atoms with E-state index in [0.717, 1.165) is 62.3 Å². The van der Waals surface area contributed by atoms with Crippen LogP contribution in [0.25, 0.3) is 11.3 Å². The summed E-state index contributed by atoms with van der Waals surface area (Å²) in [6.07, 6.45) is 4.52. The first kappa shape index (κ1) is 20.8. The Balaban J connectivity index is 1.17. The van der Waals surface area contributed by atoms with Crippen LogP contribution in [0.1, 0.15) is 39.5 Å². The molecule has 3 aliphatic rings. The third-order valence-electron chi connectivity index (χ3n) is 7.19. The second-order valence-electron chi connectivity index (χ2n) is 9.97. The van der Waals surface area contributed by atoms with Crippen molar-refractivity contribution in [1.29, 1.82) is 0 Å². The highest BCUT2D eigenvalue weighted by atomic mass is 19.1. The average molecular weight is 429 g/mol. The van der Waals surface area contributed by atoms with Crippen molar-refractivity contribution in [1.82, 2.24) is 15.1 Å². The summed E-state index contributed by atoms with van der Waals surface area (Å²) >= 11 is 0. The second kappa shape index (κ2) is 8.10. The Labute approximate surface area is 182 Å². The van der Waals surface area contributed by atoms with Crippen molar-refractivity contribution in [2.75, 3.05) is 25.0 Å². The van der Waals surface area contributed by atoms with E-state index in [9.17, 15) is 8.78 Å². The number of nitrogens with one attached hydrogen (secondary N) is 1. The highest BCUT2D eigenvalue weighted by Crippen LogP contribution is 2.41. The van der Waals surface area contributed by atoms with E-state index in [2.05, 4.69) is 34.3 Å². The van der Waals surface area contributed by atoms with Crippen molar-refractivity contribution in [3.05, 3.63) is 42.0 Å². The van der Waals surface area contributed by atoms with Crippen molar-refractivity contribution in [3.8, 4) is 11.3 Å². The van der Waals surface area contributed by atoms with Crippen LogP contribution in [0.5, 0.6) is 0 Å². The van der Waals surface area contributed by atoms with Crippen LogP contribution in [-0.4, -0.2) is 52.5 Å². The minimum absolute atomic E-state index is 0.00995. The highest BCUT2D eigenvalue weighted by molar-refractivity contribution is 5.60. The van der Waals surface area contributed by atoms with E-state index >= 15 is 0 Å². The lowest BCUT2D eigenvalue weighted by Crippen LogP contribution is -2.45. The van der Waals surface area contributed by atoms with Gasteiger partial charge in [-0.3, -0.25) is 4.90 Å². The van der Waals surface area contributed by atoms with E-state index in [1.54, 1.807) is 12.1 Å². The van der Waals surface area contributed by atoms with Gasteiger partial charge in [-0.15, -0.1) is 10.2 Å². The number of ether oxygens (including phenoxy) is 1. The number of hydrogen-bond acceptors (Lipinski definition) is 5. The maximum atomic E-state index is 14.0. The van der Waals surface area contributed by atoms with Crippen LogP contribution in [0, 0.1) is 23.5 Å². The molecule has 2 aromatic rings. The number of nitrogens with zero attached hydrogens (tertiary/aromatic N) is 3. The van der Waals surface area contributed by atoms with Gasteiger partial charge in [-0.25, -0.2) is 8.78 Å². The molecule has 1 aliphatic carbocycles. The molecule has 3 heterocycles. The molecular formula is C24H30F2N4O. The van der Waals surface area contributed by atoms with E-state index in [1.165, 1.54) is 13.1 Å². The van der Waals surface area contributed by atoms with Crippen LogP contribution in [0.2, 0.25) is 0 Å². The minimum Gasteiger partial charge on any atom is -0.375 e. The number of aromatic nitrogens is 2. The van der Waals surface area contributed by atoms with Crippen molar-refractivity contribution < 1.29 is 13.5 Å². The van der Waals surface area contributed by atoms with E-state index in [-0.39, 0.29) is 11.2 Å². The van der Waals surface area contributed by atoms with Gasteiger partial charge in [0.15, 0.2) is 0 Å². The minimum atomic E-state index is -0.502. The predicted octanol–water partition coefficient (Wildman–Crippen LogP) is 4.50. The molecule has 5 nitrogen and oxygen atoms in total. The molecule has 1 aromatic heterocycles. The number of fused-ring (bicyclic) bond motifs is 1. The normalized spacial score (nSPS) is 30.3. The van der Waals surface area contributed by atoms with Gasteiger partial charge in [-0.2, -0.15) is 0 Å². The molecule has 3 unspecified atom stereocenters. The summed E-state index contributed by atoms with van der Waals surface area (Å²) in [5.74, 6) is 1.14. The molecule has 4 atom stereocenters. The van der Waals surface area contributed by atoms with E-state index in [4.69, 9.17) is 4.74 Å². The maximum absolute atomic E-state index is 14.0. The molecular weight excluding hydrogens is 398 g/mol. The van der Waals surface area contributed by atoms with Crippen LogP contribution in [0.3, 0.4) is 0 Å². The van der Waals surface area contributed by atoms with Gasteiger partial charge in [-0.1, -0.05) is 0 Å². The van der Waals surface area contributed by atoms with Crippen LogP contribution in [-0.2, 0) is 4.74 Å². The summed E-state index contributed by atoms with van der Waals surface area (Å²) in [7, 11) is 0. The molecule has 2 saturated heterocycles. The number of likely N-dealkylation sites (tertiary alicyclic amines) is 1. The third kappa shape index (κ3) is 4.44. The highest BCUT2D eigenvalue weighted by Gasteiger charge is 2.44. The fourth-order valence-corrected chi connectivity index (χ4v) is 5.72. The van der Waals surface area contributed by atoms with Gasteiger partial charge >= 0.3 is 0 Å². The molecule has 0 spiro atoms. The maximum Gasteiger partial charge on any atom is 0.148 e. The SMILES string of the molecule is CC1(C)CC(N2CC3CC(Nc4ccc(-c5cc(F)ccc5F)nn4)C[C@@H]3C2)CCO1. The molecule has 1 aromatic carbocycles. The predicted molar refractivity (Wildman–Crippen MR) is 116 cm³/mol. The zero-order chi connectivity index (χ0) is 21.6. The number of benzene rings is 1. The lowest BCUT2D eigenvalue weighted by Gasteiger charge is -2.40. The number of anilines is 1. The second-order valence-corrected chi connectivity index (χ2v) is 9.97. The van der Waals surface area contributed by atoms with Gasteiger partial charge in [-0.05, 0) is 81.7 Å². The largest absolute Gasteiger partial charge is 0.375 e. The van der Waals surface area contributed by atoms with Crippen molar-refractivity contribution >= 4 is 5.82 Å². The zero-order valence-electron chi connectivity index (χ0n) is 18.2. The van der Waals surface area contributed by atoms with Crippen LogP contribution >= 0.6 is 0 Å². The lowest BCUT2D eigenvalue weighted by atomic mass is 9.93. The number of hydrogen-bond donors (Lipinski definition) is 1. The van der Waals surface area contributed by atoms with Gasteiger partial charge in [0.2, 0.25) is 0 Å². The Morgan fingerprint density at radius 2 is 1.84 bits per heavy atom. The molecule has 0 bridgehead atoms. The summed E-state index contributed by atoms with van der Waals surface area (Å²) in [5, 5.41) is 11.8. The Hall–Kier alpha value is -2.12. The van der Waals surface area contributed by atoms with Gasteiger partial charge in [0.25, 0.3) is 0 Å². The first-order valence-corrected chi connectivity index (χ1v) is 11.3. The Bertz CT molecular complexity index is 922. The molecule has 7 heteroatoms. The zero-order valence-corrected chi connectivity index (χ0v) is 18.2. The summed E-state index contributed by atoms with van der Waals surface area (Å²) in [6.45, 7) is 7.61.